The molecular weight excluding hydrogens is 485 g/mol. The number of amides is 2. The molecule has 2 aromatic rings. The summed E-state index contributed by atoms with van der Waals surface area (Å²) in [5, 5.41) is 19.5. The molecule has 0 bridgehead atoms. The van der Waals surface area contributed by atoms with Crippen molar-refractivity contribution in [3.8, 4) is 5.88 Å². The summed E-state index contributed by atoms with van der Waals surface area (Å²) in [5.41, 5.74) is 1.37. The Balaban J connectivity index is 1.30. The average Bonchev–Trinajstić information content (AvgIpc) is 3.30. The van der Waals surface area contributed by atoms with Gasteiger partial charge in [0.25, 0.3) is 11.8 Å². The van der Waals surface area contributed by atoms with Crippen molar-refractivity contribution < 1.29 is 23.8 Å². The molecule has 2 aromatic heterocycles. The third kappa shape index (κ3) is 6.76. The van der Waals surface area contributed by atoms with Crippen LogP contribution in [0.25, 0.3) is 0 Å². The molecule has 3 N–H and O–H groups in total. The average molecular weight is 520 g/mol. The number of aliphatic hydroxyl groups excluding tert-OH is 1. The highest BCUT2D eigenvalue weighted by molar-refractivity contribution is 7.99. The highest BCUT2D eigenvalue weighted by Gasteiger charge is 2.27. The molecule has 2 amide bonds. The van der Waals surface area contributed by atoms with Crippen LogP contribution < -0.4 is 15.4 Å². The molecule has 4 rings (SSSR count). The Bertz CT molecular complexity index is 1050. The van der Waals surface area contributed by atoms with Gasteiger partial charge in [-0.3, -0.25) is 14.3 Å². The molecule has 3 heterocycles. The maximum Gasteiger partial charge on any atom is 0.272 e. The van der Waals surface area contributed by atoms with Crippen LogP contribution >= 0.6 is 11.8 Å². The number of rotatable bonds is 9. The SMILES string of the molecule is CCc1cc(C(=O)NC2CCC(NC(=O)c3cc(F)cnc3OC3CCSCC3)CC2)nn1CCO. The predicted octanol–water partition coefficient (Wildman–Crippen LogP) is 2.72. The number of thioether (sulfide) groups is 1. The number of hydrogen-bond donors (Lipinski definition) is 3. The van der Waals surface area contributed by atoms with E-state index in [0.717, 1.165) is 42.7 Å². The number of ether oxygens (including phenoxy) is 1. The van der Waals surface area contributed by atoms with Gasteiger partial charge in [0, 0.05) is 17.8 Å². The lowest BCUT2D eigenvalue weighted by Gasteiger charge is -2.29. The zero-order valence-electron chi connectivity index (χ0n) is 20.5. The lowest BCUT2D eigenvalue weighted by molar-refractivity contribution is 0.0883. The van der Waals surface area contributed by atoms with Gasteiger partial charge in [-0.25, -0.2) is 9.37 Å². The maximum atomic E-state index is 13.9. The smallest absolute Gasteiger partial charge is 0.272 e. The van der Waals surface area contributed by atoms with E-state index >= 15 is 0 Å². The summed E-state index contributed by atoms with van der Waals surface area (Å²) in [6, 6.07) is 2.85. The number of carbonyl (C=O) groups is 2. The van der Waals surface area contributed by atoms with Gasteiger partial charge in [0.2, 0.25) is 5.88 Å². The molecule has 1 saturated carbocycles. The van der Waals surface area contributed by atoms with E-state index in [0.29, 0.717) is 37.9 Å². The van der Waals surface area contributed by atoms with Crippen LogP contribution in [-0.4, -0.2) is 68.0 Å². The van der Waals surface area contributed by atoms with Crippen LogP contribution in [0, 0.1) is 5.82 Å². The number of aryl methyl sites for hydroxylation is 1. The predicted molar refractivity (Wildman–Crippen MR) is 135 cm³/mol. The molecular formula is C25H34FN5O4S. The van der Waals surface area contributed by atoms with Gasteiger partial charge in [-0.1, -0.05) is 6.92 Å². The normalized spacial score (nSPS) is 20.6. The van der Waals surface area contributed by atoms with Crippen molar-refractivity contribution in [2.45, 2.75) is 76.6 Å². The summed E-state index contributed by atoms with van der Waals surface area (Å²) in [5.74, 6) is 0.970. The zero-order chi connectivity index (χ0) is 25.5. The van der Waals surface area contributed by atoms with Crippen molar-refractivity contribution in [3.63, 3.8) is 0 Å². The Morgan fingerprint density at radius 1 is 1.11 bits per heavy atom. The second-order valence-corrected chi connectivity index (χ2v) is 10.5. The van der Waals surface area contributed by atoms with Crippen LogP contribution in [0.5, 0.6) is 5.88 Å². The minimum Gasteiger partial charge on any atom is -0.474 e. The molecule has 2 fully saturated rings. The first-order chi connectivity index (χ1) is 17.5. The molecule has 1 saturated heterocycles. The Morgan fingerprint density at radius 2 is 1.78 bits per heavy atom. The van der Waals surface area contributed by atoms with Crippen LogP contribution in [0.2, 0.25) is 0 Å². The van der Waals surface area contributed by atoms with Gasteiger partial charge in [0.05, 0.1) is 19.3 Å². The van der Waals surface area contributed by atoms with E-state index in [1.165, 1.54) is 6.07 Å². The van der Waals surface area contributed by atoms with Crippen LogP contribution in [-0.2, 0) is 13.0 Å². The van der Waals surface area contributed by atoms with Crippen molar-refractivity contribution in [1.82, 2.24) is 25.4 Å². The largest absolute Gasteiger partial charge is 0.474 e. The maximum absolute atomic E-state index is 13.9. The van der Waals surface area contributed by atoms with E-state index in [2.05, 4.69) is 20.7 Å². The highest BCUT2D eigenvalue weighted by Crippen LogP contribution is 2.25. The van der Waals surface area contributed by atoms with Gasteiger partial charge in [-0.05, 0) is 68.6 Å². The van der Waals surface area contributed by atoms with Gasteiger partial charge < -0.3 is 20.5 Å². The number of carbonyl (C=O) groups excluding carboxylic acids is 2. The molecule has 0 atom stereocenters. The number of nitrogens with zero attached hydrogens (tertiary/aromatic N) is 3. The molecule has 1 aliphatic carbocycles. The number of aromatic nitrogens is 3. The van der Waals surface area contributed by atoms with E-state index in [9.17, 15) is 19.1 Å². The molecule has 36 heavy (non-hydrogen) atoms. The molecule has 1 aliphatic heterocycles. The van der Waals surface area contributed by atoms with Crippen molar-refractivity contribution in [1.29, 1.82) is 0 Å². The second-order valence-electron chi connectivity index (χ2n) is 9.25. The standard InChI is InChI=1S/C25H34FN5O4S/c1-2-19-14-22(30-31(19)9-10-32)24(34)29-18-5-3-17(4-6-18)28-23(33)21-13-16(26)15-27-25(21)35-20-7-11-36-12-8-20/h13-15,17-18,20,32H,2-12H2,1H3,(H,28,33)(H,29,34). The van der Waals surface area contributed by atoms with Crippen LogP contribution in [0.1, 0.15) is 72.0 Å². The monoisotopic (exact) mass is 519 g/mol. The molecule has 2 aliphatic rings. The molecule has 11 heteroatoms. The van der Waals surface area contributed by atoms with Gasteiger partial charge in [-0.15, -0.1) is 0 Å². The van der Waals surface area contributed by atoms with E-state index in [-0.39, 0.29) is 42.1 Å². The third-order valence-electron chi connectivity index (χ3n) is 6.68. The minimum atomic E-state index is -0.578. The number of hydrogen-bond acceptors (Lipinski definition) is 7. The number of aliphatic hydroxyl groups is 1. The van der Waals surface area contributed by atoms with Crippen LogP contribution in [0.15, 0.2) is 18.3 Å². The second kappa shape index (κ2) is 12.5. The number of pyridine rings is 1. The first kappa shape index (κ1) is 26.4. The van der Waals surface area contributed by atoms with Crippen molar-refractivity contribution >= 4 is 23.6 Å². The van der Waals surface area contributed by atoms with E-state index in [1.807, 2.05) is 18.7 Å². The van der Waals surface area contributed by atoms with Crippen molar-refractivity contribution in [2.24, 2.45) is 0 Å². The van der Waals surface area contributed by atoms with Crippen LogP contribution in [0.3, 0.4) is 0 Å². The molecule has 0 unspecified atom stereocenters. The van der Waals surface area contributed by atoms with Crippen molar-refractivity contribution in [3.05, 3.63) is 41.1 Å². The molecule has 0 spiro atoms. The molecule has 0 aromatic carbocycles. The fourth-order valence-electron chi connectivity index (χ4n) is 4.68. The fraction of sp³-hybridized carbons (Fsp3) is 0.600. The lowest BCUT2D eigenvalue weighted by Crippen LogP contribution is -2.44. The first-order valence-electron chi connectivity index (χ1n) is 12.7. The highest BCUT2D eigenvalue weighted by atomic mass is 32.2. The van der Waals surface area contributed by atoms with E-state index in [4.69, 9.17) is 4.74 Å². The zero-order valence-corrected chi connectivity index (χ0v) is 21.4. The van der Waals surface area contributed by atoms with Crippen molar-refractivity contribution in [2.75, 3.05) is 18.1 Å². The lowest BCUT2D eigenvalue weighted by atomic mass is 9.91. The Labute approximate surface area is 214 Å². The van der Waals surface area contributed by atoms with Gasteiger partial charge in [0.1, 0.15) is 23.2 Å². The summed E-state index contributed by atoms with van der Waals surface area (Å²) in [7, 11) is 0. The molecule has 9 nitrogen and oxygen atoms in total. The first-order valence-corrected chi connectivity index (χ1v) is 13.8. The number of nitrogens with one attached hydrogen (secondary N) is 2. The molecule has 0 radical (unpaired) electrons. The Morgan fingerprint density at radius 3 is 2.42 bits per heavy atom. The minimum absolute atomic E-state index is 0.0155. The summed E-state index contributed by atoms with van der Waals surface area (Å²) in [6.07, 6.45) is 6.33. The van der Waals surface area contributed by atoms with Crippen LogP contribution in [0.4, 0.5) is 4.39 Å². The Kier molecular flexibility index (Phi) is 9.19. The summed E-state index contributed by atoms with van der Waals surface area (Å²) in [6.45, 7) is 2.30. The van der Waals surface area contributed by atoms with Gasteiger partial charge in [0.15, 0.2) is 0 Å². The quantitative estimate of drug-likeness (QED) is 0.466. The Hall–Kier alpha value is -2.66. The molecule has 196 valence electrons. The summed E-state index contributed by atoms with van der Waals surface area (Å²) in [4.78, 5) is 29.7. The van der Waals surface area contributed by atoms with Gasteiger partial charge in [-0.2, -0.15) is 16.9 Å². The fourth-order valence-corrected chi connectivity index (χ4v) is 5.74. The van der Waals surface area contributed by atoms with Gasteiger partial charge >= 0.3 is 0 Å². The third-order valence-corrected chi connectivity index (χ3v) is 7.73. The number of halogens is 1. The summed E-state index contributed by atoms with van der Waals surface area (Å²) >= 11 is 1.87. The summed E-state index contributed by atoms with van der Waals surface area (Å²) < 4.78 is 21.5. The van der Waals surface area contributed by atoms with E-state index < -0.39 is 11.7 Å². The topological polar surface area (TPSA) is 118 Å². The van der Waals surface area contributed by atoms with E-state index in [1.54, 1.807) is 10.7 Å².